The summed E-state index contributed by atoms with van der Waals surface area (Å²) >= 11 is 0. The third-order valence-electron chi connectivity index (χ3n) is 3.96. The quantitative estimate of drug-likeness (QED) is 0.874. The molecule has 0 unspecified atom stereocenters. The molecule has 1 aliphatic heterocycles. The second-order valence-electron chi connectivity index (χ2n) is 5.80. The number of carbonyl (C=O) groups is 1. The first-order chi connectivity index (χ1) is 11.7. The molecule has 1 aliphatic rings. The minimum absolute atomic E-state index is 0.0382. The van der Waals surface area contributed by atoms with Crippen molar-refractivity contribution in [1.29, 1.82) is 0 Å². The summed E-state index contributed by atoms with van der Waals surface area (Å²) in [6, 6.07) is 5.90. The van der Waals surface area contributed by atoms with E-state index in [1.165, 1.54) is 0 Å². The summed E-state index contributed by atoms with van der Waals surface area (Å²) in [7, 11) is 0. The van der Waals surface area contributed by atoms with E-state index in [0.29, 0.717) is 24.7 Å². The van der Waals surface area contributed by atoms with Crippen molar-refractivity contribution in [1.82, 2.24) is 30.2 Å². The van der Waals surface area contributed by atoms with E-state index < -0.39 is 0 Å². The lowest BCUT2D eigenvalue weighted by Crippen LogP contribution is -2.51. The van der Waals surface area contributed by atoms with Gasteiger partial charge in [-0.1, -0.05) is 11.2 Å². The molecule has 2 aromatic rings. The molecule has 24 heavy (non-hydrogen) atoms. The van der Waals surface area contributed by atoms with Gasteiger partial charge >= 0.3 is 6.03 Å². The number of nitrogens with one attached hydrogen (secondary N) is 1. The molecular weight excluding hydrogens is 308 g/mol. The second-order valence-corrected chi connectivity index (χ2v) is 5.80. The molecule has 1 N–H and O–H groups in total. The minimum atomic E-state index is -0.0382. The van der Waals surface area contributed by atoms with Crippen molar-refractivity contribution in [2.45, 2.75) is 19.9 Å². The van der Waals surface area contributed by atoms with Gasteiger partial charge < -0.3 is 14.7 Å². The Bertz CT molecular complexity index is 652. The Balaban J connectivity index is 1.37. The fourth-order valence-electron chi connectivity index (χ4n) is 2.66. The SMILES string of the molecule is Cc1noc(CCNC(=O)N2CCN(Cc3ccccn3)CC2)n1. The van der Waals surface area contributed by atoms with E-state index >= 15 is 0 Å². The topological polar surface area (TPSA) is 87.4 Å². The first-order valence-corrected chi connectivity index (χ1v) is 8.15. The molecule has 0 radical (unpaired) electrons. The molecule has 3 heterocycles. The first kappa shape index (κ1) is 16.4. The summed E-state index contributed by atoms with van der Waals surface area (Å²) in [5.41, 5.74) is 1.06. The molecule has 0 spiro atoms. The predicted molar refractivity (Wildman–Crippen MR) is 87.2 cm³/mol. The van der Waals surface area contributed by atoms with Gasteiger partial charge in [-0.05, 0) is 19.1 Å². The number of hydrogen-bond donors (Lipinski definition) is 1. The number of amides is 2. The molecule has 0 atom stereocenters. The van der Waals surface area contributed by atoms with Gasteiger partial charge in [-0.2, -0.15) is 4.98 Å². The van der Waals surface area contributed by atoms with Crippen LogP contribution >= 0.6 is 0 Å². The van der Waals surface area contributed by atoms with Crippen LogP contribution in [-0.4, -0.2) is 63.7 Å². The minimum Gasteiger partial charge on any atom is -0.339 e. The highest BCUT2D eigenvalue weighted by Crippen LogP contribution is 2.06. The summed E-state index contributed by atoms with van der Waals surface area (Å²) in [6.07, 6.45) is 2.36. The second kappa shape index (κ2) is 7.87. The molecule has 0 bridgehead atoms. The van der Waals surface area contributed by atoms with Gasteiger partial charge in [-0.15, -0.1) is 0 Å². The zero-order chi connectivity index (χ0) is 16.8. The molecule has 2 amide bonds. The predicted octanol–water partition coefficient (Wildman–Crippen LogP) is 0.843. The third-order valence-corrected chi connectivity index (χ3v) is 3.96. The Kier molecular flexibility index (Phi) is 5.37. The number of aryl methyl sites for hydroxylation is 1. The molecule has 3 rings (SSSR count). The summed E-state index contributed by atoms with van der Waals surface area (Å²) in [5, 5.41) is 6.63. The highest BCUT2D eigenvalue weighted by Gasteiger charge is 2.21. The van der Waals surface area contributed by atoms with Gasteiger partial charge in [0.2, 0.25) is 5.89 Å². The average molecular weight is 330 g/mol. The summed E-state index contributed by atoms with van der Waals surface area (Å²) in [5.74, 6) is 1.16. The van der Waals surface area contributed by atoms with E-state index in [1.54, 1.807) is 6.92 Å². The van der Waals surface area contributed by atoms with E-state index in [2.05, 4.69) is 25.3 Å². The lowest BCUT2D eigenvalue weighted by Gasteiger charge is -2.34. The summed E-state index contributed by atoms with van der Waals surface area (Å²) in [6.45, 7) is 6.24. The zero-order valence-corrected chi connectivity index (χ0v) is 13.8. The number of pyridine rings is 1. The maximum absolute atomic E-state index is 12.2. The molecule has 0 aliphatic carbocycles. The third kappa shape index (κ3) is 4.51. The number of aromatic nitrogens is 3. The van der Waals surface area contributed by atoms with Crippen LogP contribution in [0, 0.1) is 6.92 Å². The average Bonchev–Trinajstić information content (AvgIpc) is 3.02. The standard InChI is InChI=1S/C16H22N6O2/c1-13-19-15(24-20-13)5-7-18-16(23)22-10-8-21(9-11-22)12-14-4-2-3-6-17-14/h2-4,6H,5,7-12H2,1H3,(H,18,23). The summed E-state index contributed by atoms with van der Waals surface area (Å²) in [4.78, 5) is 24.8. The van der Waals surface area contributed by atoms with Crippen LogP contribution in [0.15, 0.2) is 28.9 Å². The Morgan fingerprint density at radius 3 is 2.79 bits per heavy atom. The fraction of sp³-hybridized carbons (Fsp3) is 0.500. The Hall–Kier alpha value is -2.48. The van der Waals surface area contributed by atoms with Crippen molar-refractivity contribution in [3.8, 4) is 0 Å². The molecule has 8 nitrogen and oxygen atoms in total. The molecule has 1 fully saturated rings. The number of urea groups is 1. The highest BCUT2D eigenvalue weighted by molar-refractivity contribution is 5.74. The van der Waals surface area contributed by atoms with Gasteiger partial charge in [0.15, 0.2) is 5.82 Å². The van der Waals surface area contributed by atoms with Gasteiger partial charge in [0.25, 0.3) is 0 Å². The van der Waals surface area contributed by atoms with E-state index in [9.17, 15) is 4.79 Å². The number of carbonyl (C=O) groups excluding carboxylic acids is 1. The van der Waals surface area contributed by atoms with Gasteiger partial charge in [0.05, 0.1) is 5.69 Å². The van der Waals surface area contributed by atoms with E-state index in [-0.39, 0.29) is 6.03 Å². The molecule has 0 aromatic carbocycles. The van der Waals surface area contributed by atoms with Crippen LogP contribution in [0.25, 0.3) is 0 Å². The highest BCUT2D eigenvalue weighted by atomic mass is 16.5. The zero-order valence-electron chi connectivity index (χ0n) is 13.8. The Morgan fingerprint density at radius 1 is 1.29 bits per heavy atom. The van der Waals surface area contributed by atoms with Crippen LogP contribution in [0.2, 0.25) is 0 Å². The molecule has 2 aromatic heterocycles. The van der Waals surface area contributed by atoms with E-state index in [0.717, 1.165) is 38.4 Å². The van der Waals surface area contributed by atoms with Gasteiger partial charge in [-0.3, -0.25) is 9.88 Å². The molecule has 0 saturated carbocycles. The Morgan fingerprint density at radius 2 is 2.12 bits per heavy atom. The van der Waals surface area contributed by atoms with Crippen LogP contribution in [0.5, 0.6) is 0 Å². The van der Waals surface area contributed by atoms with Gasteiger partial charge in [-0.25, -0.2) is 4.79 Å². The van der Waals surface area contributed by atoms with Crippen LogP contribution in [0.1, 0.15) is 17.4 Å². The van der Waals surface area contributed by atoms with Crippen molar-refractivity contribution in [2.24, 2.45) is 0 Å². The first-order valence-electron chi connectivity index (χ1n) is 8.15. The normalized spacial score (nSPS) is 15.5. The van der Waals surface area contributed by atoms with Crippen LogP contribution in [-0.2, 0) is 13.0 Å². The molecular formula is C16H22N6O2. The van der Waals surface area contributed by atoms with E-state index in [1.807, 2.05) is 29.3 Å². The summed E-state index contributed by atoms with van der Waals surface area (Å²) < 4.78 is 5.02. The monoisotopic (exact) mass is 330 g/mol. The molecule has 8 heteroatoms. The number of nitrogens with zero attached hydrogens (tertiary/aromatic N) is 5. The van der Waals surface area contributed by atoms with Crippen molar-refractivity contribution in [2.75, 3.05) is 32.7 Å². The lowest BCUT2D eigenvalue weighted by atomic mass is 10.3. The van der Waals surface area contributed by atoms with Crippen molar-refractivity contribution in [3.63, 3.8) is 0 Å². The van der Waals surface area contributed by atoms with Gasteiger partial charge in [0, 0.05) is 51.9 Å². The molecule has 128 valence electrons. The maximum atomic E-state index is 12.2. The maximum Gasteiger partial charge on any atom is 0.317 e. The van der Waals surface area contributed by atoms with Crippen molar-refractivity contribution < 1.29 is 9.32 Å². The largest absolute Gasteiger partial charge is 0.339 e. The van der Waals surface area contributed by atoms with Crippen LogP contribution in [0.3, 0.4) is 0 Å². The van der Waals surface area contributed by atoms with Crippen molar-refractivity contribution in [3.05, 3.63) is 41.8 Å². The van der Waals surface area contributed by atoms with Crippen LogP contribution < -0.4 is 5.32 Å². The number of rotatable bonds is 5. The fourth-order valence-corrected chi connectivity index (χ4v) is 2.66. The lowest BCUT2D eigenvalue weighted by molar-refractivity contribution is 0.134. The number of piperazine rings is 1. The van der Waals surface area contributed by atoms with Gasteiger partial charge in [0.1, 0.15) is 0 Å². The van der Waals surface area contributed by atoms with E-state index in [4.69, 9.17) is 4.52 Å². The smallest absolute Gasteiger partial charge is 0.317 e. The van der Waals surface area contributed by atoms with Crippen molar-refractivity contribution >= 4 is 6.03 Å². The van der Waals surface area contributed by atoms with Crippen LogP contribution in [0.4, 0.5) is 4.79 Å². The molecule has 1 saturated heterocycles. The Labute approximate surface area is 140 Å². The number of hydrogen-bond acceptors (Lipinski definition) is 6.